The fraction of sp³-hybridized carbons (Fsp3) is 0.217. The Morgan fingerprint density at radius 2 is 1.77 bits per heavy atom. The summed E-state index contributed by atoms with van der Waals surface area (Å²) < 4.78 is 6.24. The summed E-state index contributed by atoms with van der Waals surface area (Å²) in [5, 5.41) is 16.4. The first-order chi connectivity index (χ1) is 14.4. The van der Waals surface area contributed by atoms with Crippen LogP contribution >= 0.6 is 0 Å². The van der Waals surface area contributed by atoms with Crippen molar-refractivity contribution in [2.75, 3.05) is 7.11 Å². The fourth-order valence-corrected chi connectivity index (χ4v) is 3.15. The predicted molar refractivity (Wildman–Crippen MR) is 112 cm³/mol. The number of ether oxygens (including phenoxy) is 1. The van der Waals surface area contributed by atoms with Gasteiger partial charge in [0, 0.05) is 0 Å². The van der Waals surface area contributed by atoms with Crippen molar-refractivity contribution in [3.8, 4) is 11.8 Å². The number of hydrogen-bond donors (Lipinski definition) is 1. The molecule has 0 saturated carbocycles. The number of methoxy groups -OCH3 is 1. The molecular weight excluding hydrogens is 380 g/mol. The lowest BCUT2D eigenvalue weighted by atomic mass is 9.98. The molecule has 1 amide bonds. The molecule has 30 heavy (non-hydrogen) atoms. The van der Waals surface area contributed by atoms with E-state index in [1.807, 2.05) is 60.7 Å². The van der Waals surface area contributed by atoms with Gasteiger partial charge in [-0.1, -0.05) is 42.5 Å². The summed E-state index contributed by atoms with van der Waals surface area (Å²) in [5.41, 5.74) is 2.26. The molecule has 3 rings (SSSR count). The Labute approximate surface area is 174 Å². The Hall–Kier alpha value is -3.92. The van der Waals surface area contributed by atoms with Crippen molar-refractivity contribution < 1.29 is 9.53 Å². The molecule has 0 spiro atoms. The van der Waals surface area contributed by atoms with Gasteiger partial charge in [0.05, 0.1) is 18.8 Å². The molecule has 0 aliphatic carbocycles. The number of carbonyl (C=O) groups is 1. The van der Waals surface area contributed by atoms with E-state index in [1.165, 1.54) is 0 Å². The van der Waals surface area contributed by atoms with Crippen LogP contribution < -0.4 is 15.6 Å². The van der Waals surface area contributed by atoms with Gasteiger partial charge >= 0.3 is 0 Å². The van der Waals surface area contributed by atoms with Crippen LogP contribution in [0.3, 0.4) is 0 Å². The third kappa shape index (κ3) is 4.39. The van der Waals surface area contributed by atoms with Crippen molar-refractivity contribution in [1.82, 2.24) is 15.1 Å². The van der Waals surface area contributed by atoms with E-state index < -0.39 is 11.6 Å². The third-order valence-electron chi connectivity index (χ3n) is 4.93. The fourth-order valence-electron chi connectivity index (χ4n) is 3.15. The number of aryl methyl sites for hydroxylation is 1. The molecule has 7 heteroatoms. The van der Waals surface area contributed by atoms with Crippen molar-refractivity contribution in [3.05, 3.63) is 92.9 Å². The summed E-state index contributed by atoms with van der Waals surface area (Å²) in [6.07, 6.45) is 0. The minimum absolute atomic E-state index is 0.00469. The van der Waals surface area contributed by atoms with E-state index >= 15 is 0 Å². The molecule has 0 aliphatic rings. The zero-order valence-corrected chi connectivity index (χ0v) is 17.0. The molecule has 1 heterocycles. The molecule has 0 saturated heterocycles. The standard InChI is InChI=1S/C23H22N4O3/c1-15-16(2)26-27(23(29)20(15)13-24)14-21(28)25-22(17-7-5-4-6-8-17)18-9-11-19(30-3)12-10-18/h4-12,22H,14H2,1-3H3,(H,25,28)/t22-/m0/s1. The van der Waals surface area contributed by atoms with Gasteiger partial charge in [-0.3, -0.25) is 9.59 Å². The Morgan fingerprint density at radius 3 is 2.37 bits per heavy atom. The summed E-state index contributed by atoms with van der Waals surface area (Å²) in [6.45, 7) is 3.09. The summed E-state index contributed by atoms with van der Waals surface area (Å²) in [5.74, 6) is 0.327. The first kappa shape index (κ1) is 20.8. The largest absolute Gasteiger partial charge is 0.497 e. The Kier molecular flexibility index (Phi) is 6.28. The number of rotatable bonds is 6. The van der Waals surface area contributed by atoms with E-state index in [1.54, 1.807) is 21.0 Å². The molecule has 0 unspecified atom stereocenters. The third-order valence-corrected chi connectivity index (χ3v) is 4.93. The lowest BCUT2D eigenvalue weighted by Gasteiger charge is -2.20. The molecule has 0 fully saturated rings. The molecule has 1 N–H and O–H groups in total. The highest BCUT2D eigenvalue weighted by molar-refractivity contribution is 5.76. The normalized spacial score (nSPS) is 11.4. The maximum absolute atomic E-state index is 12.8. The Morgan fingerprint density at radius 1 is 1.13 bits per heavy atom. The number of nitriles is 1. The first-order valence-electron chi connectivity index (χ1n) is 9.41. The zero-order chi connectivity index (χ0) is 21.7. The second kappa shape index (κ2) is 9.05. The second-order valence-electron chi connectivity index (χ2n) is 6.84. The quantitative estimate of drug-likeness (QED) is 0.684. The first-order valence-corrected chi connectivity index (χ1v) is 9.41. The minimum Gasteiger partial charge on any atom is -0.497 e. The van der Waals surface area contributed by atoms with E-state index in [2.05, 4.69) is 10.4 Å². The number of carbonyl (C=O) groups excluding carboxylic acids is 1. The Balaban J connectivity index is 1.90. The molecule has 7 nitrogen and oxygen atoms in total. The van der Waals surface area contributed by atoms with Crippen LogP contribution in [0, 0.1) is 25.2 Å². The molecule has 2 aromatic carbocycles. The average Bonchev–Trinajstić information content (AvgIpc) is 2.77. The molecule has 1 aromatic heterocycles. The monoisotopic (exact) mass is 402 g/mol. The summed E-state index contributed by atoms with van der Waals surface area (Å²) in [4.78, 5) is 25.3. The average molecular weight is 402 g/mol. The van der Waals surface area contributed by atoms with Crippen molar-refractivity contribution >= 4 is 5.91 Å². The Bertz CT molecular complexity index is 1150. The van der Waals surface area contributed by atoms with Crippen LogP contribution in [-0.4, -0.2) is 22.8 Å². The van der Waals surface area contributed by atoms with Crippen molar-refractivity contribution in [1.29, 1.82) is 5.26 Å². The number of benzene rings is 2. The van der Waals surface area contributed by atoms with E-state index in [-0.39, 0.29) is 18.0 Å². The minimum atomic E-state index is -0.573. The van der Waals surface area contributed by atoms with Crippen LogP contribution in [0.4, 0.5) is 0 Å². The maximum atomic E-state index is 12.8. The SMILES string of the molecule is COc1ccc([C@@H](NC(=O)Cn2nc(C)c(C)c(C#N)c2=O)c2ccccc2)cc1. The predicted octanol–water partition coefficient (Wildman–Crippen LogP) is 2.65. The topological polar surface area (TPSA) is 97.0 Å². The molecule has 0 bridgehead atoms. The van der Waals surface area contributed by atoms with E-state index in [0.717, 1.165) is 15.8 Å². The summed E-state index contributed by atoms with van der Waals surface area (Å²) >= 11 is 0. The smallest absolute Gasteiger partial charge is 0.285 e. The maximum Gasteiger partial charge on any atom is 0.285 e. The highest BCUT2D eigenvalue weighted by atomic mass is 16.5. The molecule has 3 aromatic rings. The van der Waals surface area contributed by atoms with Gasteiger partial charge in [0.1, 0.15) is 23.9 Å². The van der Waals surface area contributed by atoms with Gasteiger partial charge in [0.15, 0.2) is 0 Å². The number of aromatic nitrogens is 2. The highest BCUT2D eigenvalue weighted by Crippen LogP contribution is 2.24. The van der Waals surface area contributed by atoms with E-state index in [9.17, 15) is 14.9 Å². The highest BCUT2D eigenvalue weighted by Gasteiger charge is 2.19. The number of amides is 1. The lowest BCUT2D eigenvalue weighted by molar-refractivity contribution is -0.122. The van der Waals surface area contributed by atoms with Crippen LogP contribution in [0.15, 0.2) is 59.4 Å². The lowest BCUT2D eigenvalue weighted by Crippen LogP contribution is -2.37. The van der Waals surface area contributed by atoms with Crippen LogP contribution in [0.1, 0.15) is 34.0 Å². The molecule has 1 atom stereocenters. The van der Waals surface area contributed by atoms with Gasteiger partial charge in [-0.05, 0) is 42.7 Å². The van der Waals surface area contributed by atoms with Crippen LogP contribution in [-0.2, 0) is 11.3 Å². The molecule has 0 aliphatic heterocycles. The van der Waals surface area contributed by atoms with Crippen molar-refractivity contribution in [3.63, 3.8) is 0 Å². The van der Waals surface area contributed by atoms with Crippen molar-refractivity contribution in [2.45, 2.75) is 26.4 Å². The zero-order valence-electron chi connectivity index (χ0n) is 17.0. The van der Waals surface area contributed by atoms with E-state index in [4.69, 9.17) is 4.74 Å². The van der Waals surface area contributed by atoms with Crippen LogP contribution in [0.5, 0.6) is 5.75 Å². The van der Waals surface area contributed by atoms with Gasteiger partial charge in [-0.25, -0.2) is 4.68 Å². The number of nitrogens with zero attached hydrogens (tertiary/aromatic N) is 3. The van der Waals surface area contributed by atoms with Gasteiger partial charge in [-0.15, -0.1) is 0 Å². The summed E-state index contributed by atoms with van der Waals surface area (Å²) in [7, 11) is 1.59. The van der Waals surface area contributed by atoms with Gasteiger partial charge in [0.25, 0.3) is 5.56 Å². The molecule has 0 radical (unpaired) electrons. The van der Waals surface area contributed by atoms with Crippen molar-refractivity contribution in [2.24, 2.45) is 0 Å². The number of hydrogen-bond acceptors (Lipinski definition) is 5. The number of nitrogens with one attached hydrogen (secondary N) is 1. The summed E-state index contributed by atoms with van der Waals surface area (Å²) in [6, 6.07) is 18.4. The van der Waals surface area contributed by atoms with Gasteiger partial charge < -0.3 is 10.1 Å². The van der Waals surface area contributed by atoms with Crippen LogP contribution in [0.2, 0.25) is 0 Å². The second-order valence-corrected chi connectivity index (χ2v) is 6.84. The van der Waals surface area contributed by atoms with Gasteiger partial charge in [0.2, 0.25) is 5.91 Å². The molecular formula is C23H22N4O3. The van der Waals surface area contributed by atoms with E-state index in [0.29, 0.717) is 17.0 Å². The molecule has 152 valence electrons. The van der Waals surface area contributed by atoms with Crippen LogP contribution in [0.25, 0.3) is 0 Å². The van der Waals surface area contributed by atoms with Gasteiger partial charge in [-0.2, -0.15) is 10.4 Å².